The predicted octanol–water partition coefficient (Wildman–Crippen LogP) is 5.32. The Hall–Kier alpha value is -2.57. The summed E-state index contributed by atoms with van der Waals surface area (Å²) in [6, 6.07) is 14.3. The van der Waals surface area contributed by atoms with Gasteiger partial charge in [-0.25, -0.2) is 4.98 Å². The molecule has 0 fully saturated rings. The highest BCUT2D eigenvalue weighted by Crippen LogP contribution is 2.39. The number of hydrogen-bond acceptors (Lipinski definition) is 6. The van der Waals surface area contributed by atoms with Crippen LogP contribution >= 0.6 is 11.3 Å². The van der Waals surface area contributed by atoms with Crippen molar-refractivity contribution >= 4 is 11.3 Å². The first-order valence-corrected chi connectivity index (χ1v) is 10.5. The molecule has 0 saturated heterocycles. The van der Waals surface area contributed by atoms with Crippen LogP contribution in [0.15, 0.2) is 47.8 Å². The van der Waals surface area contributed by atoms with Gasteiger partial charge in [-0.3, -0.25) is 0 Å². The number of benzene rings is 2. The number of thiazole rings is 1. The molecule has 0 bridgehead atoms. The number of methoxy groups -OCH3 is 3. The van der Waals surface area contributed by atoms with Crippen molar-refractivity contribution in [2.75, 3.05) is 21.3 Å². The molecule has 1 aromatic heterocycles. The van der Waals surface area contributed by atoms with Crippen LogP contribution in [0.25, 0.3) is 10.6 Å². The van der Waals surface area contributed by atoms with Gasteiger partial charge in [0, 0.05) is 18.0 Å². The lowest BCUT2D eigenvalue weighted by Crippen LogP contribution is -2.25. The summed E-state index contributed by atoms with van der Waals surface area (Å²) < 4.78 is 16.2. The zero-order valence-electron chi connectivity index (χ0n) is 17.6. The van der Waals surface area contributed by atoms with E-state index in [0.717, 1.165) is 22.0 Å². The second kappa shape index (κ2) is 9.76. The summed E-state index contributed by atoms with van der Waals surface area (Å²) in [5, 5.41) is 6.66. The van der Waals surface area contributed by atoms with Crippen LogP contribution in [0.1, 0.15) is 31.1 Å². The number of nitrogens with one attached hydrogen (secondary N) is 1. The van der Waals surface area contributed by atoms with E-state index < -0.39 is 0 Å². The summed E-state index contributed by atoms with van der Waals surface area (Å²) in [5.74, 6) is 2.73. The number of para-hydroxylation sites is 1. The summed E-state index contributed by atoms with van der Waals surface area (Å²) in [6.45, 7) is 5.13. The zero-order valence-corrected chi connectivity index (χ0v) is 18.4. The van der Waals surface area contributed by atoms with Crippen molar-refractivity contribution in [1.82, 2.24) is 10.3 Å². The second-order valence-corrected chi connectivity index (χ2v) is 7.92. The Labute approximate surface area is 176 Å². The third-order valence-electron chi connectivity index (χ3n) is 4.83. The predicted molar refractivity (Wildman–Crippen MR) is 118 cm³/mol. The number of nitrogens with zero attached hydrogens (tertiary/aromatic N) is 1. The summed E-state index contributed by atoms with van der Waals surface area (Å²) in [4.78, 5) is 4.82. The van der Waals surface area contributed by atoms with E-state index in [0.29, 0.717) is 24.0 Å². The number of aromatic nitrogens is 1. The molecular weight excluding hydrogens is 384 g/mol. The van der Waals surface area contributed by atoms with E-state index in [-0.39, 0.29) is 6.04 Å². The molecule has 1 unspecified atom stereocenters. The largest absolute Gasteiger partial charge is 0.497 e. The third-order valence-corrected chi connectivity index (χ3v) is 5.75. The fourth-order valence-corrected chi connectivity index (χ4v) is 4.17. The average Bonchev–Trinajstić information content (AvgIpc) is 3.22. The maximum Gasteiger partial charge on any atom is 0.170 e. The maximum absolute atomic E-state index is 5.55. The molecule has 0 spiro atoms. The first kappa shape index (κ1) is 21.1. The van der Waals surface area contributed by atoms with Crippen LogP contribution in [-0.4, -0.2) is 26.3 Å². The van der Waals surface area contributed by atoms with E-state index >= 15 is 0 Å². The summed E-state index contributed by atoms with van der Waals surface area (Å²) in [5.41, 5.74) is 3.19. The first-order chi connectivity index (χ1) is 14.1. The number of ether oxygens (including phenoxy) is 3. The van der Waals surface area contributed by atoms with Crippen LogP contribution in [0.4, 0.5) is 0 Å². The van der Waals surface area contributed by atoms with Crippen molar-refractivity contribution in [3.05, 3.63) is 59.1 Å². The van der Waals surface area contributed by atoms with Crippen molar-refractivity contribution in [1.29, 1.82) is 0 Å². The molecule has 0 aliphatic rings. The normalized spacial score (nSPS) is 12.1. The van der Waals surface area contributed by atoms with Gasteiger partial charge >= 0.3 is 0 Å². The molecule has 29 heavy (non-hydrogen) atoms. The number of rotatable bonds is 9. The van der Waals surface area contributed by atoms with Crippen LogP contribution in [-0.2, 0) is 6.54 Å². The standard InChI is InChI=1S/C23H28N2O3S/c1-15(2)21(16-9-11-18(26-3)12-10-16)24-13-17-14-29-23(25-17)19-7-6-8-20(27-4)22(19)28-5/h6-12,14-15,21,24H,13H2,1-5H3. The fourth-order valence-electron chi connectivity index (χ4n) is 3.33. The molecule has 1 N–H and O–H groups in total. The van der Waals surface area contributed by atoms with Crippen molar-refractivity contribution in [3.63, 3.8) is 0 Å². The summed E-state index contributed by atoms with van der Waals surface area (Å²) in [7, 11) is 4.98. The van der Waals surface area contributed by atoms with E-state index in [1.807, 2.05) is 30.3 Å². The van der Waals surface area contributed by atoms with Crippen LogP contribution in [0, 0.1) is 5.92 Å². The van der Waals surface area contributed by atoms with Crippen molar-refractivity contribution in [3.8, 4) is 27.8 Å². The van der Waals surface area contributed by atoms with Crippen LogP contribution in [0.3, 0.4) is 0 Å². The van der Waals surface area contributed by atoms with Crippen LogP contribution in [0.2, 0.25) is 0 Å². The average molecular weight is 413 g/mol. The van der Waals surface area contributed by atoms with E-state index in [1.165, 1.54) is 5.56 Å². The molecule has 0 aliphatic heterocycles. The quantitative estimate of drug-likeness (QED) is 0.515. The Morgan fingerprint density at radius 2 is 1.72 bits per heavy atom. The van der Waals surface area contributed by atoms with Crippen molar-refractivity contribution in [2.45, 2.75) is 26.4 Å². The van der Waals surface area contributed by atoms with Gasteiger partial charge in [0.15, 0.2) is 11.5 Å². The first-order valence-electron chi connectivity index (χ1n) is 9.60. The maximum atomic E-state index is 5.55. The molecule has 3 aromatic rings. The molecule has 2 aromatic carbocycles. The Kier molecular flexibility index (Phi) is 7.12. The van der Waals surface area contributed by atoms with Gasteiger partial charge in [-0.15, -0.1) is 11.3 Å². The Bertz CT molecular complexity index is 922. The van der Waals surface area contributed by atoms with Gasteiger partial charge in [-0.1, -0.05) is 32.0 Å². The van der Waals surface area contributed by atoms with Gasteiger partial charge in [0.05, 0.1) is 32.6 Å². The highest BCUT2D eigenvalue weighted by molar-refractivity contribution is 7.13. The summed E-state index contributed by atoms with van der Waals surface area (Å²) in [6.07, 6.45) is 0. The van der Waals surface area contributed by atoms with Crippen molar-refractivity contribution in [2.24, 2.45) is 5.92 Å². The van der Waals surface area contributed by atoms with Gasteiger partial charge in [0.25, 0.3) is 0 Å². The smallest absolute Gasteiger partial charge is 0.170 e. The van der Waals surface area contributed by atoms with Crippen molar-refractivity contribution < 1.29 is 14.2 Å². The molecule has 6 heteroatoms. The minimum atomic E-state index is 0.234. The van der Waals surface area contributed by atoms with Crippen LogP contribution in [0.5, 0.6) is 17.2 Å². The Morgan fingerprint density at radius 1 is 0.966 bits per heavy atom. The molecule has 154 valence electrons. The molecule has 1 atom stereocenters. The number of hydrogen-bond donors (Lipinski definition) is 1. The highest BCUT2D eigenvalue weighted by atomic mass is 32.1. The fraction of sp³-hybridized carbons (Fsp3) is 0.348. The Balaban J connectivity index is 1.75. The molecule has 0 aliphatic carbocycles. The van der Waals surface area contributed by atoms with E-state index in [4.69, 9.17) is 19.2 Å². The molecule has 3 rings (SSSR count). The molecule has 1 heterocycles. The minimum Gasteiger partial charge on any atom is -0.497 e. The van der Waals surface area contributed by atoms with Crippen LogP contribution < -0.4 is 19.5 Å². The van der Waals surface area contributed by atoms with Gasteiger partial charge in [-0.05, 0) is 35.7 Å². The lowest BCUT2D eigenvalue weighted by molar-refractivity contribution is 0.356. The topological polar surface area (TPSA) is 52.6 Å². The van der Waals surface area contributed by atoms with E-state index in [2.05, 4.69) is 36.7 Å². The Morgan fingerprint density at radius 3 is 2.34 bits per heavy atom. The second-order valence-electron chi connectivity index (χ2n) is 7.06. The highest BCUT2D eigenvalue weighted by Gasteiger charge is 2.18. The molecule has 5 nitrogen and oxygen atoms in total. The lowest BCUT2D eigenvalue weighted by Gasteiger charge is -2.23. The third kappa shape index (κ3) is 4.89. The van der Waals surface area contributed by atoms with Gasteiger partial charge in [-0.2, -0.15) is 0 Å². The van der Waals surface area contributed by atoms with Gasteiger partial charge in [0.1, 0.15) is 10.8 Å². The molecule has 0 radical (unpaired) electrons. The minimum absolute atomic E-state index is 0.234. The van der Waals surface area contributed by atoms with E-state index in [1.54, 1.807) is 32.7 Å². The van der Waals surface area contributed by atoms with Gasteiger partial charge in [0.2, 0.25) is 0 Å². The summed E-state index contributed by atoms with van der Waals surface area (Å²) >= 11 is 1.61. The SMILES string of the molecule is COc1ccc(C(NCc2csc(-c3cccc(OC)c3OC)n2)C(C)C)cc1. The molecule has 0 saturated carbocycles. The molecule has 0 amide bonds. The monoisotopic (exact) mass is 412 g/mol. The molecular formula is C23H28N2O3S. The lowest BCUT2D eigenvalue weighted by atomic mass is 9.96. The zero-order chi connectivity index (χ0) is 20.8. The van der Waals surface area contributed by atoms with Gasteiger partial charge < -0.3 is 19.5 Å². The van der Waals surface area contributed by atoms with E-state index in [9.17, 15) is 0 Å².